The molecule has 0 heterocycles. The van der Waals surface area contributed by atoms with E-state index in [0.717, 1.165) is 12.2 Å². The first-order chi connectivity index (χ1) is 9.11. The molecule has 0 aromatic heterocycles. The van der Waals surface area contributed by atoms with Gasteiger partial charge in [0.25, 0.3) is 0 Å². The number of aliphatic hydroxyl groups excluding tert-OH is 1. The van der Waals surface area contributed by atoms with Gasteiger partial charge in [0.15, 0.2) is 0 Å². The molecule has 0 saturated carbocycles. The van der Waals surface area contributed by atoms with Crippen LogP contribution in [0.5, 0.6) is 5.75 Å². The molecule has 0 aliphatic heterocycles. The van der Waals surface area contributed by atoms with Crippen LogP contribution in [0.25, 0.3) is 0 Å². The predicted molar refractivity (Wildman–Crippen MR) is 75.2 cm³/mol. The Bertz CT molecular complexity index is 373. The van der Waals surface area contributed by atoms with E-state index in [0.29, 0.717) is 19.4 Å². The molecule has 1 aromatic rings. The number of rotatable bonds is 8. The van der Waals surface area contributed by atoms with Crippen molar-refractivity contribution in [2.75, 3.05) is 13.2 Å². The van der Waals surface area contributed by atoms with Crippen molar-refractivity contribution in [3.8, 4) is 5.75 Å². The number of carbonyl (C=O) groups is 1. The molecule has 0 aliphatic rings. The maximum Gasteiger partial charge on any atom is 0.220 e. The number of hydrogen-bond acceptors (Lipinski definition) is 3. The van der Waals surface area contributed by atoms with Gasteiger partial charge in [-0.2, -0.15) is 0 Å². The normalized spacial score (nSPS) is 10.5. The summed E-state index contributed by atoms with van der Waals surface area (Å²) in [5.41, 5.74) is 1.17. The van der Waals surface area contributed by atoms with Crippen LogP contribution in [0.2, 0.25) is 0 Å². The van der Waals surface area contributed by atoms with Gasteiger partial charge in [-0.1, -0.05) is 12.1 Å². The molecule has 4 heteroatoms. The zero-order valence-electron chi connectivity index (χ0n) is 11.7. The Morgan fingerprint density at radius 2 is 2.00 bits per heavy atom. The van der Waals surface area contributed by atoms with Crippen molar-refractivity contribution in [2.45, 2.75) is 39.2 Å². The fourth-order valence-corrected chi connectivity index (χ4v) is 1.68. The Hall–Kier alpha value is -1.55. The summed E-state index contributed by atoms with van der Waals surface area (Å²) >= 11 is 0. The van der Waals surface area contributed by atoms with Crippen LogP contribution in [0, 0.1) is 0 Å². The molecule has 0 spiro atoms. The lowest BCUT2D eigenvalue weighted by molar-refractivity contribution is -0.121. The van der Waals surface area contributed by atoms with Crippen LogP contribution in [0.3, 0.4) is 0 Å². The number of aliphatic hydroxyl groups is 1. The summed E-state index contributed by atoms with van der Waals surface area (Å²) in [4.78, 5) is 11.3. The van der Waals surface area contributed by atoms with Crippen molar-refractivity contribution in [1.82, 2.24) is 5.32 Å². The average molecular weight is 265 g/mol. The monoisotopic (exact) mass is 265 g/mol. The molecular formula is C15H23NO3. The highest BCUT2D eigenvalue weighted by atomic mass is 16.5. The van der Waals surface area contributed by atoms with Gasteiger partial charge in [0.05, 0.1) is 6.10 Å². The molecular weight excluding hydrogens is 242 g/mol. The van der Waals surface area contributed by atoms with Gasteiger partial charge >= 0.3 is 0 Å². The van der Waals surface area contributed by atoms with Crippen molar-refractivity contribution < 1.29 is 14.6 Å². The Morgan fingerprint density at radius 3 is 2.58 bits per heavy atom. The van der Waals surface area contributed by atoms with Crippen LogP contribution in [0.15, 0.2) is 24.3 Å². The predicted octanol–water partition coefficient (Wildman–Crippen LogP) is 1.91. The van der Waals surface area contributed by atoms with Gasteiger partial charge in [0, 0.05) is 19.6 Å². The second-order valence-corrected chi connectivity index (χ2v) is 4.74. The van der Waals surface area contributed by atoms with E-state index in [9.17, 15) is 4.79 Å². The first-order valence-electron chi connectivity index (χ1n) is 6.75. The fourth-order valence-electron chi connectivity index (χ4n) is 1.68. The van der Waals surface area contributed by atoms with E-state index in [1.54, 1.807) is 0 Å². The third kappa shape index (κ3) is 6.82. The molecule has 1 amide bonds. The first-order valence-corrected chi connectivity index (χ1v) is 6.75. The van der Waals surface area contributed by atoms with E-state index in [-0.39, 0.29) is 18.6 Å². The van der Waals surface area contributed by atoms with Gasteiger partial charge < -0.3 is 15.2 Å². The molecule has 0 fully saturated rings. The van der Waals surface area contributed by atoms with E-state index < -0.39 is 0 Å². The first kappa shape index (κ1) is 15.5. The Balaban J connectivity index is 2.28. The van der Waals surface area contributed by atoms with E-state index in [1.807, 2.05) is 38.1 Å². The number of benzene rings is 1. The van der Waals surface area contributed by atoms with Gasteiger partial charge in [-0.05, 0) is 44.4 Å². The second kappa shape index (κ2) is 8.53. The Labute approximate surface area is 114 Å². The van der Waals surface area contributed by atoms with Crippen LogP contribution in [-0.4, -0.2) is 30.3 Å². The molecule has 19 heavy (non-hydrogen) atoms. The number of hydrogen-bond donors (Lipinski definition) is 2. The third-order valence-electron chi connectivity index (χ3n) is 2.59. The summed E-state index contributed by atoms with van der Waals surface area (Å²) in [6.45, 7) is 4.67. The molecule has 1 rings (SSSR count). The maximum absolute atomic E-state index is 11.3. The van der Waals surface area contributed by atoms with Crippen LogP contribution < -0.4 is 10.1 Å². The number of ether oxygens (including phenoxy) is 1. The topological polar surface area (TPSA) is 58.6 Å². The van der Waals surface area contributed by atoms with Crippen molar-refractivity contribution in [1.29, 1.82) is 0 Å². The van der Waals surface area contributed by atoms with Gasteiger partial charge in [-0.3, -0.25) is 4.79 Å². The van der Waals surface area contributed by atoms with Gasteiger partial charge in [0.2, 0.25) is 5.91 Å². The van der Waals surface area contributed by atoms with E-state index in [2.05, 4.69) is 5.32 Å². The van der Waals surface area contributed by atoms with Crippen molar-refractivity contribution in [3.63, 3.8) is 0 Å². The quantitative estimate of drug-likeness (QED) is 0.755. The molecule has 0 radical (unpaired) electrons. The highest BCUT2D eigenvalue weighted by molar-refractivity contribution is 5.75. The summed E-state index contributed by atoms with van der Waals surface area (Å²) in [7, 11) is 0. The molecule has 0 aliphatic carbocycles. The van der Waals surface area contributed by atoms with Crippen LogP contribution in [-0.2, 0) is 11.2 Å². The lowest BCUT2D eigenvalue weighted by Gasteiger charge is -2.10. The third-order valence-corrected chi connectivity index (χ3v) is 2.59. The largest absolute Gasteiger partial charge is 0.491 e. The molecule has 0 bridgehead atoms. The Kier molecular flexibility index (Phi) is 6.97. The lowest BCUT2D eigenvalue weighted by Crippen LogP contribution is -2.25. The summed E-state index contributed by atoms with van der Waals surface area (Å²) in [5, 5.41) is 11.4. The summed E-state index contributed by atoms with van der Waals surface area (Å²) in [6.07, 6.45) is 1.88. The number of nitrogens with one attached hydrogen (secondary N) is 1. The zero-order chi connectivity index (χ0) is 14.1. The van der Waals surface area contributed by atoms with Gasteiger partial charge in [-0.25, -0.2) is 0 Å². The molecule has 0 unspecified atom stereocenters. The second-order valence-electron chi connectivity index (χ2n) is 4.74. The summed E-state index contributed by atoms with van der Waals surface area (Å²) < 4.78 is 5.56. The molecule has 106 valence electrons. The summed E-state index contributed by atoms with van der Waals surface area (Å²) in [6, 6.07) is 7.92. The summed E-state index contributed by atoms with van der Waals surface area (Å²) in [5.74, 6) is 0.861. The highest BCUT2D eigenvalue weighted by Crippen LogP contribution is 2.13. The smallest absolute Gasteiger partial charge is 0.220 e. The lowest BCUT2D eigenvalue weighted by atomic mass is 10.1. The molecule has 1 aromatic carbocycles. The van der Waals surface area contributed by atoms with Crippen molar-refractivity contribution in [2.24, 2.45) is 0 Å². The standard InChI is InChI=1S/C15H23NO3/c1-12(2)19-14-7-5-13(6-8-14)9-10-16-15(18)4-3-11-17/h5-8,12,17H,3-4,9-11H2,1-2H3,(H,16,18). The zero-order valence-corrected chi connectivity index (χ0v) is 11.7. The Morgan fingerprint density at radius 1 is 1.32 bits per heavy atom. The average Bonchev–Trinajstić information content (AvgIpc) is 2.38. The molecule has 0 atom stereocenters. The van der Waals surface area contributed by atoms with E-state index >= 15 is 0 Å². The van der Waals surface area contributed by atoms with E-state index in [1.165, 1.54) is 5.56 Å². The maximum atomic E-state index is 11.3. The fraction of sp³-hybridized carbons (Fsp3) is 0.533. The molecule has 2 N–H and O–H groups in total. The van der Waals surface area contributed by atoms with Crippen molar-refractivity contribution >= 4 is 5.91 Å². The minimum absolute atomic E-state index is 0.00573. The molecule has 0 saturated heterocycles. The molecule has 4 nitrogen and oxygen atoms in total. The minimum Gasteiger partial charge on any atom is -0.491 e. The van der Waals surface area contributed by atoms with Crippen LogP contribution in [0.1, 0.15) is 32.3 Å². The number of amides is 1. The number of carbonyl (C=O) groups excluding carboxylic acids is 1. The van der Waals surface area contributed by atoms with Crippen molar-refractivity contribution in [3.05, 3.63) is 29.8 Å². The SMILES string of the molecule is CC(C)Oc1ccc(CCNC(=O)CCCO)cc1. The van der Waals surface area contributed by atoms with Crippen LogP contribution >= 0.6 is 0 Å². The van der Waals surface area contributed by atoms with E-state index in [4.69, 9.17) is 9.84 Å². The van der Waals surface area contributed by atoms with Crippen LogP contribution in [0.4, 0.5) is 0 Å². The highest BCUT2D eigenvalue weighted by Gasteiger charge is 2.01. The van der Waals surface area contributed by atoms with Gasteiger partial charge in [0.1, 0.15) is 5.75 Å². The minimum atomic E-state index is -0.00573. The van der Waals surface area contributed by atoms with Gasteiger partial charge in [-0.15, -0.1) is 0 Å².